The Kier molecular flexibility index (Phi) is 4.93. The van der Waals surface area contributed by atoms with Gasteiger partial charge in [0.1, 0.15) is 0 Å². The van der Waals surface area contributed by atoms with E-state index in [9.17, 15) is 4.79 Å². The summed E-state index contributed by atoms with van der Waals surface area (Å²) >= 11 is 3.38. The standard InChI is InChI=1S/C14H20BrN3O/c15-11-9-17-7-4-12(11)18-13(19)8-14(10-16)5-2-1-3-6-14/h4,7,9H,1-3,5-6,8,10,16H2,(H,17,18,19). The van der Waals surface area contributed by atoms with Gasteiger partial charge in [0.15, 0.2) is 0 Å². The predicted molar refractivity (Wildman–Crippen MR) is 79.8 cm³/mol. The van der Waals surface area contributed by atoms with E-state index < -0.39 is 0 Å². The van der Waals surface area contributed by atoms with E-state index in [1.54, 1.807) is 18.5 Å². The third-order valence-corrected chi connectivity index (χ3v) is 4.56. The van der Waals surface area contributed by atoms with Gasteiger partial charge in [-0.15, -0.1) is 0 Å². The number of nitrogens with one attached hydrogen (secondary N) is 1. The first kappa shape index (κ1) is 14.5. The van der Waals surface area contributed by atoms with E-state index >= 15 is 0 Å². The summed E-state index contributed by atoms with van der Waals surface area (Å²) in [7, 11) is 0. The molecule has 1 saturated carbocycles. The van der Waals surface area contributed by atoms with E-state index in [4.69, 9.17) is 5.73 Å². The molecule has 4 nitrogen and oxygen atoms in total. The summed E-state index contributed by atoms with van der Waals surface area (Å²) in [5, 5.41) is 2.94. The first-order valence-corrected chi connectivity index (χ1v) is 7.54. The minimum atomic E-state index is 0.00183. The topological polar surface area (TPSA) is 68.0 Å². The van der Waals surface area contributed by atoms with Crippen molar-refractivity contribution in [2.24, 2.45) is 11.1 Å². The molecule has 0 aromatic carbocycles. The normalized spacial score (nSPS) is 18.0. The Balaban J connectivity index is 1.98. The Morgan fingerprint density at radius 2 is 2.16 bits per heavy atom. The summed E-state index contributed by atoms with van der Waals surface area (Å²) in [5.74, 6) is 0.0410. The number of carbonyl (C=O) groups is 1. The molecule has 104 valence electrons. The van der Waals surface area contributed by atoms with Crippen molar-refractivity contribution in [1.29, 1.82) is 0 Å². The van der Waals surface area contributed by atoms with Crippen LogP contribution in [-0.4, -0.2) is 17.4 Å². The van der Waals surface area contributed by atoms with Gasteiger partial charge >= 0.3 is 0 Å². The van der Waals surface area contributed by atoms with Crippen LogP contribution in [0.15, 0.2) is 22.9 Å². The van der Waals surface area contributed by atoms with E-state index in [1.807, 2.05) is 0 Å². The largest absolute Gasteiger partial charge is 0.330 e. The van der Waals surface area contributed by atoms with Crippen molar-refractivity contribution in [1.82, 2.24) is 4.98 Å². The van der Waals surface area contributed by atoms with Crippen molar-refractivity contribution in [3.63, 3.8) is 0 Å². The molecule has 0 spiro atoms. The molecule has 0 atom stereocenters. The average Bonchev–Trinajstić information content (AvgIpc) is 2.42. The molecule has 0 aliphatic heterocycles. The van der Waals surface area contributed by atoms with Gasteiger partial charge in [-0.1, -0.05) is 19.3 Å². The van der Waals surface area contributed by atoms with Crippen LogP contribution >= 0.6 is 15.9 Å². The van der Waals surface area contributed by atoms with Gasteiger partial charge in [-0.25, -0.2) is 0 Å². The lowest BCUT2D eigenvalue weighted by Crippen LogP contribution is -2.36. The molecule has 1 heterocycles. The minimum absolute atomic E-state index is 0.00183. The Morgan fingerprint density at radius 1 is 1.42 bits per heavy atom. The van der Waals surface area contributed by atoms with Gasteiger partial charge in [-0.2, -0.15) is 0 Å². The fourth-order valence-electron chi connectivity index (χ4n) is 2.77. The number of nitrogens with zero attached hydrogens (tertiary/aromatic N) is 1. The monoisotopic (exact) mass is 325 g/mol. The lowest BCUT2D eigenvalue weighted by Gasteiger charge is -2.35. The second kappa shape index (κ2) is 6.48. The van der Waals surface area contributed by atoms with Crippen molar-refractivity contribution in [2.45, 2.75) is 38.5 Å². The molecule has 0 unspecified atom stereocenters. The molecule has 5 heteroatoms. The zero-order chi connectivity index (χ0) is 13.7. The summed E-state index contributed by atoms with van der Waals surface area (Å²) in [5.41, 5.74) is 6.68. The number of anilines is 1. The number of pyridine rings is 1. The fourth-order valence-corrected chi connectivity index (χ4v) is 3.12. The lowest BCUT2D eigenvalue weighted by molar-refractivity contribution is -0.118. The second-order valence-electron chi connectivity index (χ2n) is 5.35. The highest BCUT2D eigenvalue weighted by molar-refractivity contribution is 9.10. The number of hydrogen-bond acceptors (Lipinski definition) is 3. The maximum absolute atomic E-state index is 12.2. The Hall–Kier alpha value is -0.940. The van der Waals surface area contributed by atoms with E-state index in [0.29, 0.717) is 13.0 Å². The van der Waals surface area contributed by atoms with Crippen molar-refractivity contribution in [2.75, 3.05) is 11.9 Å². The van der Waals surface area contributed by atoms with Crippen LogP contribution in [0.25, 0.3) is 0 Å². The maximum Gasteiger partial charge on any atom is 0.225 e. The molecular formula is C14H20BrN3O. The van der Waals surface area contributed by atoms with Gasteiger partial charge in [-0.05, 0) is 46.8 Å². The molecule has 1 amide bonds. The molecule has 0 radical (unpaired) electrons. The second-order valence-corrected chi connectivity index (χ2v) is 6.20. The van der Waals surface area contributed by atoms with Crippen LogP contribution in [0.5, 0.6) is 0 Å². The number of amides is 1. The van der Waals surface area contributed by atoms with Gasteiger partial charge in [0.05, 0.1) is 10.2 Å². The first-order chi connectivity index (χ1) is 9.15. The summed E-state index contributed by atoms with van der Waals surface area (Å²) in [4.78, 5) is 16.2. The quantitative estimate of drug-likeness (QED) is 0.893. The number of halogens is 1. The molecule has 19 heavy (non-hydrogen) atoms. The van der Waals surface area contributed by atoms with E-state index in [0.717, 1.165) is 23.0 Å². The smallest absolute Gasteiger partial charge is 0.225 e. The summed E-state index contributed by atoms with van der Waals surface area (Å²) in [6.07, 6.45) is 9.61. The predicted octanol–water partition coefficient (Wildman–Crippen LogP) is 3.08. The molecule has 1 aliphatic carbocycles. The van der Waals surface area contributed by atoms with E-state index in [1.165, 1.54) is 19.3 Å². The number of rotatable bonds is 4. The van der Waals surface area contributed by atoms with Crippen molar-refractivity contribution in [3.8, 4) is 0 Å². The van der Waals surface area contributed by atoms with Crippen LogP contribution in [0.4, 0.5) is 5.69 Å². The molecule has 1 aromatic rings. The van der Waals surface area contributed by atoms with Gasteiger partial charge in [0.2, 0.25) is 5.91 Å². The summed E-state index contributed by atoms with van der Waals surface area (Å²) in [6.45, 7) is 0.595. The molecule has 1 fully saturated rings. The molecule has 1 aromatic heterocycles. The highest BCUT2D eigenvalue weighted by Gasteiger charge is 2.33. The van der Waals surface area contributed by atoms with Crippen LogP contribution in [0.2, 0.25) is 0 Å². The molecule has 1 aliphatic rings. The molecule has 2 rings (SSSR count). The Morgan fingerprint density at radius 3 is 2.79 bits per heavy atom. The SMILES string of the molecule is NCC1(CC(=O)Nc2ccncc2Br)CCCCC1. The van der Waals surface area contributed by atoms with Gasteiger partial charge in [-0.3, -0.25) is 9.78 Å². The zero-order valence-electron chi connectivity index (χ0n) is 11.0. The lowest BCUT2D eigenvalue weighted by atomic mass is 9.71. The fraction of sp³-hybridized carbons (Fsp3) is 0.571. The van der Waals surface area contributed by atoms with Crippen LogP contribution in [0, 0.1) is 5.41 Å². The third kappa shape index (κ3) is 3.76. The zero-order valence-corrected chi connectivity index (χ0v) is 12.6. The number of aromatic nitrogens is 1. The Labute approximate surface area is 122 Å². The van der Waals surface area contributed by atoms with Crippen LogP contribution in [0.1, 0.15) is 38.5 Å². The highest BCUT2D eigenvalue weighted by atomic mass is 79.9. The molecule has 0 bridgehead atoms. The average molecular weight is 326 g/mol. The molecule has 0 saturated heterocycles. The van der Waals surface area contributed by atoms with E-state index in [2.05, 4.69) is 26.2 Å². The van der Waals surface area contributed by atoms with Crippen LogP contribution in [-0.2, 0) is 4.79 Å². The van der Waals surface area contributed by atoms with E-state index in [-0.39, 0.29) is 11.3 Å². The van der Waals surface area contributed by atoms with Crippen molar-refractivity contribution in [3.05, 3.63) is 22.9 Å². The number of nitrogens with two attached hydrogens (primary N) is 1. The van der Waals surface area contributed by atoms with Gasteiger partial charge in [0.25, 0.3) is 0 Å². The maximum atomic E-state index is 12.2. The van der Waals surface area contributed by atoms with Crippen molar-refractivity contribution < 1.29 is 4.79 Å². The highest BCUT2D eigenvalue weighted by Crippen LogP contribution is 2.38. The van der Waals surface area contributed by atoms with Gasteiger partial charge < -0.3 is 11.1 Å². The number of hydrogen-bond donors (Lipinski definition) is 2. The first-order valence-electron chi connectivity index (χ1n) is 6.75. The third-order valence-electron chi connectivity index (χ3n) is 3.93. The van der Waals surface area contributed by atoms with Crippen molar-refractivity contribution >= 4 is 27.5 Å². The number of carbonyl (C=O) groups excluding carboxylic acids is 1. The summed E-state index contributed by atoms with van der Waals surface area (Å²) in [6, 6.07) is 1.79. The molecular weight excluding hydrogens is 306 g/mol. The molecule has 3 N–H and O–H groups in total. The Bertz CT molecular complexity index is 444. The minimum Gasteiger partial charge on any atom is -0.330 e. The summed E-state index contributed by atoms with van der Waals surface area (Å²) < 4.78 is 0.800. The van der Waals surface area contributed by atoms with Gasteiger partial charge in [0, 0.05) is 18.8 Å². The van der Waals surface area contributed by atoms with Crippen LogP contribution in [0.3, 0.4) is 0 Å². The van der Waals surface area contributed by atoms with Crippen LogP contribution < -0.4 is 11.1 Å².